The average molecular weight is 460 g/mol. The summed E-state index contributed by atoms with van der Waals surface area (Å²) in [6, 6.07) is 14.8. The van der Waals surface area contributed by atoms with Crippen LogP contribution in [-0.2, 0) is 21.5 Å². The number of benzene rings is 2. The first kappa shape index (κ1) is 22.6. The highest BCUT2D eigenvalue weighted by atomic mass is 79.9. The number of carbonyl (C=O) groups excluding carboxylic acids is 3. The maximum atomic E-state index is 12.2. The number of nitrogens with one attached hydrogen (secondary N) is 3. The van der Waals surface area contributed by atoms with Gasteiger partial charge < -0.3 is 5.32 Å². The van der Waals surface area contributed by atoms with E-state index in [1.807, 2.05) is 36.4 Å². The van der Waals surface area contributed by atoms with Crippen LogP contribution < -0.4 is 16.2 Å². The van der Waals surface area contributed by atoms with E-state index in [1.54, 1.807) is 12.1 Å². The minimum atomic E-state index is -0.432. The van der Waals surface area contributed by atoms with Crippen LogP contribution in [0.25, 0.3) is 0 Å². The van der Waals surface area contributed by atoms with Gasteiger partial charge >= 0.3 is 0 Å². The molecule has 2 rings (SSSR count). The van der Waals surface area contributed by atoms with Crippen molar-refractivity contribution in [1.29, 1.82) is 0 Å². The summed E-state index contributed by atoms with van der Waals surface area (Å²) >= 11 is 3.49. The molecule has 0 saturated heterocycles. The third-order valence-corrected chi connectivity index (χ3v) is 4.92. The van der Waals surface area contributed by atoms with E-state index < -0.39 is 11.8 Å². The first-order valence-electron chi connectivity index (χ1n) is 9.36. The van der Waals surface area contributed by atoms with Crippen LogP contribution in [0.15, 0.2) is 53.0 Å². The molecular weight excluding hydrogens is 434 g/mol. The lowest BCUT2D eigenvalue weighted by molar-refractivity contribution is -0.126. The van der Waals surface area contributed by atoms with Gasteiger partial charge in [-0.2, -0.15) is 0 Å². The third-order valence-electron chi connectivity index (χ3n) is 4.27. The molecule has 0 heterocycles. The van der Waals surface area contributed by atoms with Gasteiger partial charge in [0.25, 0.3) is 5.91 Å². The second-order valence-electron chi connectivity index (χ2n) is 7.71. The minimum Gasteiger partial charge on any atom is -0.352 e. The number of hydrazine groups is 1. The predicted molar refractivity (Wildman–Crippen MR) is 116 cm³/mol. The second kappa shape index (κ2) is 10.2. The van der Waals surface area contributed by atoms with Crippen molar-refractivity contribution in [3.05, 3.63) is 69.7 Å². The van der Waals surface area contributed by atoms with E-state index in [-0.39, 0.29) is 24.2 Å². The van der Waals surface area contributed by atoms with Crippen LogP contribution in [0.3, 0.4) is 0 Å². The van der Waals surface area contributed by atoms with Crippen LogP contribution in [0.2, 0.25) is 0 Å². The molecule has 3 amide bonds. The molecule has 2 aromatic rings. The van der Waals surface area contributed by atoms with Crippen LogP contribution >= 0.6 is 15.9 Å². The number of halogens is 1. The zero-order valence-corrected chi connectivity index (χ0v) is 18.4. The molecule has 0 fully saturated rings. The zero-order chi connectivity index (χ0) is 21.4. The van der Waals surface area contributed by atoms with Crippen LogP contribution in [0.4, 0.5) is 0 Å². The third kappa shape index (κ3) is 7.34. The fourth-order valence-corrected chi connectivity index (χ4v) is 3.61. The summed E-state index contributed by atoms with van der Waals surface area (Å²) in [6.45, 7) is 6.67. The minimum absolute atomic E-state index is 0.0203. The number of amides is 3. The summed E-state index contributed by atoms with van der Waals surface area (Å²) in [5, 5.41) is 2.76. The van der Waals surface area contributed by atoms with E-state index in [2.05, 4.69) is 52.9 Å². The Hall–Kier alpha value is -2.67. The maximum absolute atomic E-state index is 12.2. The zero-order valence-electron chi connectivity index (χ0n) is 16.8. The van der Waals surface area contributed by atoms with Gasteiger partial charge in [0.2, 0.25) is 11.8 Å². The van der Waals surface area contributed by atoms with Gasteiger partial charge in [-0.15, -0.1) is 0 Å². The van der Waals surface area contributed by atoms with Crippen molar-refractivity contribution in [2.24, 2.45) is 0 Å². The van der Waals surface area contributed by atoms with Crippen LogP contribution in [0.5, 0.6) is 0 Å². The molecule has 0 saturated carbocycles. The van der Waals surface area contributed by atoms with Gasteiger partial charge in [0.15, 0.2) is 0 Å². The van der Waals surface area contributed by atoms with E-state index in [0.717, 1.165) is 15.6 Å². The van der Waals surface area contributed by atoms with E-state index in [9.17, 15) is 14.4 Å². The number of rotatable bonds is 6. The quantitative estimate of drug-likeness (QED) is 0.576. The van der Waals surface area contributed by atoms with Crippen molar-refractivity contribution in [3.8, 4) is 0 Å². The Labute approximate surface area is 179 Å². The largest absolute Gasteiger partial charge is 0.352 e. The Bertz CT molecular complexity index is 877. The fourth-order valence-electron chi connectivity index (χ4n) is 2.64. The normalized spacial score (nSPS) is 10.9. The van der Waals surface area contributed by atoms with Crippen LogP contribution in [0.1, 0.15) is 55.1 Å². The molecule has 0 bridgehead atoms. The molecule has 6 nitrogen and oxygen atoms in total. The molecule has 0 aromatic heterocycles. The first-order chi connectivity index (χ1) is 13.7. The van der Waals surface area contributed by atoms with Crippen molar-refractivity contribution in [1.82, 2.24) is 16.2 Å². The molecule has 0 atom stereocenters. The highest BCUT2D eigenvalue weighted by Gasteiger charge is 2.18. The van der Waals surface area contributed by atoms with E-state index in [1.165, 1.54) is 0 Å². The Morgan fingerprint density at radius 3 is 2.17 bits per heavy atom. The molecule has 29 heavy (non-hydrogen) atoms. The lowest BCUT2D eigenvalue weighted by Crippen LogP contribution is -2.42. The second-order valence-corrected chi connectivity index (χ2v) is 8.56. The average Bonchev–Trinajstić information content (AvgIpc) is 2.68. The summed E-state index contributed by atoms with van der Waals surface area (Å²) in [5.74, 6) is -1.08. The molecule has 3 N–H and O–H groups in total. The van der Waals surface area contributed by atoms with Crippen molar-refractivity contribution >= 4 is 33.7 Å². The first-order valence-corrected chi connectivity index (χ1v) is 10.2. The van der Waals surface area contributed by atoms with Crippen molar-refractivity contribution in [3.63, 3.8) is 0 Å². The van der Waals surface area contributed by atoms with Gasteiger partial charge in [-0.25, -0.2) is 0 Å². The van der Waals surface area contributed by atoms with Crippen molar-refractivity contribution in [2.75, 3.05) is 0 Å². The molecule has 7 heteroatoms. The summed E-state index contributed by atoms with van der Waals surface area (Å²) in [7, 11) is 0. The van der Waals surface area contributed by atoms with Gasteiger partial charge in [-0.05, 0) is 28.7 Å². The molecule has 0 aliphatic carbocycles. The Kier molecular flexibility index (Phi) is 7.96. The number of carbonyl (C=O) groups is 3. The van der Waals surface area contributed by atoms with Crippen LogP contribution in [-0.4, -0.2) is 17.7 Å². The SMILES string of the molecule is CC(C)(C)c1ccc(C(=O)NNC(=O)CCC(=O)NCc2ccccc2)cc1Br. The smallest absolute Gasteiger partial charge is 0.269 e. The van der Waals surface area contributed by atoms with Crippen molar-refractivity contribution in [2.45, 2.75) is 45.6 Å². The summed E-state index contributed by atoms with van der Waals surface area (Å²) in [5.41, 5.74) is 7.16. The van der Waals surface area contributed by atoms with E-state index in [0.29, 0.717) is 12.1 Å². The lowest BCUT2D eigenvalue weighted by Gasteiger charge is -2.21. The number of hydrogen-bond donors (Lipinski definition) is 3. The standard InChI is InChI=1S/C22H26BrN3O3/c1-22(2,3)17-10-9-16(13-18(17)23)21(29)26-25-20(28)12-11-19(27)24-14-15-7-5-4-6-8-15/h4-10,13H,11-12,14H2,1-3H3,(H,24,27)(H,25,28)(H,26,29). The molecule has 0 unspecified atom stereocenters. The number of hydrogen-bond acceptors (Lipinski definition) is 3. The molecule has 0 aliphatic rings. The Morgan fingerprint density at radius 2 is 1.55 bits per heavy atom. The molecule has 154 valence electrons. The highest BCUT2D eigenvalue weighted by Crippen LogP contribution is 2.30. The molecular formula is C22H26BrN3O3. The van der Waals surface area contributed by atoms with Gasteiger partial charge in [0.1, 0.15) is 0 Å². The van der Waals surface area contributed by atoms with Crippen molar-refractivity contribution < 1.29 is 14.4 Å². The molecule has 0 radical (unpaired) electrons. The Morgan fingerprint density at radius 1 is 0.897 bits per heavy atom. The monoisotopic (exact) mass is 459 g/mol. The van der Waals surface area contributed by atoms with Gasteiger partial charge in [-0.1, -0.05) is 73.1 Å². The topological polar surface area (TPSA) is 87.3 Å². The van der Waals surface area contributed by atoms with Gasteiger partial charge in [-0.3, -0.25) is 25.2 Å². The van der Waals surface area contributed by atoms with E-state index >= 15 is 0 Å². The fraction of sp³-hybridized carbons (Fsp3) is 0.318. The van der Waals surface area contributed by atoms with Gasteiger partial charge in [0, 0.05) is 29.4 Å². The summed E-state index contributed by atoms with van der Waals surface area (Å²) in [4.78, 5) is 36.0. The van der Waals surface area contributed by atoms with Crippen LogP contribution in [0, 0.1) is 0 Å². The summed E-state index contributed by atoms with van der Waals surface area (Å²) < 4.78 is 0.832. The van der Waals surface area contributed by atoms with Gasteiger partial charge in [0.05, 0.1) is 0 Å². The maximum Gasteiger partial charge on any atom is 0.269 e. The summed E-state index contributed by atoms with van der Waals surface area (Å²) in [6.07, 6.45) is 0.0218. The highest BCUT2D eigenvalue weighted by molar-refractivity contribution is 9.10. The lowest BCUT2D eigenvalue weighted by atomic mass is 9.86. The predicted octanol–water partition coefficient (Wildman–Crippen LogP) is 3.60. The Balaban J connectivity index is 1.75. The molecule has 2 aromatic carbocycles. The molecule has 0 spiro atoms. The van der Waals surface area contributed by atoms with E-state index in [4.69, 9.17) is 0 Å². The molecule has 0 aliphatic heterocycles.